The van der Waals surface area contributed by atoms with Gasteiger partial charge in [0.25, 0.3) is 5.91 Å². The maximum absolute atomic E-state index is 13.2. The maximum atomic E-state index is 13.2. The van der Waals surface area contributed by atoms with Gasteiger partial charge in [0.1, 0.15) is 0 Å². The van der Waals surface area contributed by atoms with Gasteiger partial charge in [-0.05, 0) is 79.3 Å². The highest BCUT2D eigenvalue weighted by Crippen LogP contribution is 2.39. The Hall–Kier alpha value is -3.02. The van der Waals surface area contributed by atoms with Gasteiger partial charge in [0.15, 0.2) is 5.82 Å². The summed E-state index contributed by atoms with van der Waals surface area (Å²) in [7, 11) is 0. The number of hydrogen-bond donors (Lipinski definition) is 1. The number of aryl methyl sites for hydroxylation is 1. The van der Waals surface area contributed by atoms with Crippen molar-refractivity contribution < 1.29 is 4.79 Å². The molecule has 0 atom stereocenters. The molecular weight excluding hydrogens is 374 g/mol. The molecule has 6 heteroatoms. The van der Waals surface area contributed by atoms with E-state index < -0.39 is 0 Å². The summed E-state index contributed by atoms with van der Waals surface area (Å²) in [6, 6.07) is 14.2. The molecule has 2 aromatic carbocycles. The van der Waals surface area contributed by atoms with Gasteiger partial charge in [-0.25, -0.2) is 0 Å². The standard InChI is InChI=1S/C24H29N5O/c1-15(2)22-26-27-28-29(22)21-13-18(17-8-6-16(3)7-9-17)12-19(14-21)23(30)25-24(4,5)20-10-11-20/h6-9,12-15,20H,10-11H2,1-5H3,(H,25,30). The van der Waals surface area contributed by atoms with Gasteiger partial charge in [0.05, 0.1) is 5.69 Å². The predicted molar refractivity (Wildman–Crippen MR) is 118 cm³/mol. The molecule has 0 unspecified atom stereocenters. The van der Waals surface area contributed by atoms with Gasteiger partial charge in [-0.15, -0.1) is 5.10 Å². The second kappa shape index (κ2) is 7.67. The lowest BCUT2D eigenvalue weighted by Crippen LogP contribution is -2.45. The lowest BCUT2D eigenvalue weighted by Gasteiger charge is -2.26. The Morgan fingerprint density at radius 2 is 1.80 bits per heavy atom. The van der Waals surface area contributed by atoms with Crippen molar-refractivity contribution >= 4 is 5.91 Å². The Kier molecular flexibility index (Phi) is 5.18. The molecule has 3 aromatic rings. The fourth-order valence-corrected chi connectivity index (χ4v) is 3.79. The van der Waals surface area contributed by atoms with Crippen LogP contribution in [0.5, 0.6) is 0 Å². The van der Waals surface area contributed by atoms with E-state index in [-0.39, 0.29) is 17.4 Å². The molecule has 1 aliphatic rings. The van der Waals surface area contributed by atoms with Crippen molar-refractivity contribution in [3.8, 4) is 16.8 Å². The predicted octanol–water partition coefficient (Wildman–Crippen LogP) is 4.68. The van der Waals surface area contributed by atoms with E-state index in [0.717, 1.165) is 22.6 Å². The van der Waals surface area contributed by atoms with Crippen molar-refractivity contribution in [1.82, 2.24) is 25.5 Å². The number of carbonyl (C=O) groups is 1. The van der Waals surface area contributed by atoms with Crippen LogP contribution in [0.15, 0.2) is 42.5 Å². The molecular formula is C24H29N5O. The molecule has 1 aromatic heterocycles. The molecule has 156 valence electrons. The minimum atomic E-state index is -0.213. The van der Waals surface area contributed by atoms with E-state index in [1.807, 2.05) is 18.2 Å². The van der Waals surface area contributed by atoms with Crippen molar-refractivity contribution in [2.24, 2.45) is 5.92 Å². The van der Waals surface area contributed by atoms with E-state index >= 15 is 0 Å². The zero-order valence-corrected chi connectivity index (χ0v) is 18.3. The molecule has 30 heavy (non-hydrogen) atoms. The second-order valence-corrected chi connectivity index (χ2v) is 9.19. The Bertz CT molecular complexity index is 1060. The summed E-state index contributed by atoms with van der Waals surface area (Å²) in [6.07, 6.45) is 2.34. The van der Waals surface area contributed by atoms with Crippen LogP contribution >= 0.6 is 0 Å². The van der Waals surface area contributed by atoms with Crippen LogP contribution in [-0.4, -0.2) is 31.7 Å². The normalized spacial score (nSPS) is 14.2. The van der Waals surface area contributed by atoms with Crippen molar-refractivity contribution in [3.05, 3.63) is 59.4 Å². The zero-order valence-electron chi connectivity index (χ0n) is 18.3. The number of benzene rings is 2. The molecule has 1 saturated carbocycles. The molecule has 0 radical (unpaired) electrons. The Balaban J connectivity index is 1.78. The largest absolute Gasteiger partial charge is 0.347 e. The monoisotopic (exact) mass is 403 g/mol. The summed E-state index contributed by atoms with van der Waals surface area (Å²) in [6.45, 7) is 10.4. The average Bonchev–Trinajstić information content (AvgIpc) is 3.45. The third-order valence-corrected chi connectivity index (χ3v) is 5.85. The molecule has 0 spiro atoms. The quantitative estimate of drug-likeness (QED) is 0.649. The highest BCUT2D eigenvalue weighted by molar-refractivity contribution is 5.96. The Morgan fingerprint density at radius 1 is 1.10 bits per heavy atom. The van der Waals surface area contributed by atoms with E-state index in [2.05, 4.69) is 79.7 Å². The summed E-state index contributed by atoms with van der Waals surface area (Å²) >= 11 is 0. The van der Waals surface area contributed by atoms with E-state index in [9.17, 15) is 4.79 Å². The third kappa shape index (κ3) is 4.13. The number of rotatable bonds is 6. The van der Waals surface area contributed by atoms with Gasteiger partial charge < -0.3 is 5.32 Å². The van der Waals surface area contributed by atoms with Crippen molar-refractivity contribution in [3.63, 3.8) is 0 Å². The van der Waals surface area contributed by atoms with E-state index in [1.54, 1.807) is 4.68 Å². The number of hydrogen-bond acceptors (Lipinski definition) is 4. The molecule has 1 heterocycles. The van der Waals surface area contributed by atoms with E-state index in [1.165, 1.54) is 18.4 Å². The van der Waals surface area contributed by atoms with Gasteiger partial charge in [-0.3, -0.25) is 4.79 Å². The zero-order chi connectivity index (χ0) is 21.5. The summed E-state index contributed by atoms with van der Waals surface area (Å²) in [5.41, 5.74) is 4.40. The van der Waals surface area contributed by atoms with Crippen LogP contribution in [0.3, 0.4) is 0 Å². The smallest absolute Gasteiger partial charge is 0.251 e. The molecule has 1 amide bonds. The van der Waals surface area contributed by atoms with Crippen LogP contribution in [0.2, 0.25) is 0 Å². The first-order valence-corrected chi connectivity index (χ1v) is 10.6. The summed E-state index contributed by atoms with van der Waals surface area (Å²) in [5, 5.41) is 15.5. The SMILES string of the molecule is Cc1ccc(-c2cc(C(=O)NC(C)(C)C3CC3)cc(-n3nnnc3C(C)C)c2)cc1. The van der Waals surface area contributed by atoms with Gasteiger partial charge in [0, 0.05) is 17.0 Å². The summed E-state index contributed by atoms with van der Waals surface area (Å²) in [5.74, 6) is 1.41. The van der Waals surface area contributed by atoms with Crippen molar-refractivity contribution in [2.45, 2.75) is 58.9 Å². The van der Waals surface area contributed by atoms with Gasteiger partial charge in [-0.1, -0.05) is 43.7 Å². The Morgan fingerprint density at radius 3 is 2.43 bits per heavy atom. The van der Waals surface area contributed by atoms with Crippen LogP contribution in [0.1, 0.15) is 68.2 Å². The lowest BCUT2D eigenvalue weighted by atomic mass is 9.96. The minimum absolute atomic E-state index is 0.0683. The molecule has 1 N–H and O–H groups in total. The molecule has 4 rings (SSSR count). The van der Waals surface area contributed by atoms with Crippen LogP contribution in [0.25, 0.3) is 16.8 Å². The topological polar surface area (TPSA) is 72.7 Å². The van der Waals surface area contributed by atoms with Crippen LogP contribution in [0, 0.1) is 12.8 Å². The molecule has 1 fully saturated rings. The lowest BCUT2D eigenvalue weighted by molar-refractivity contribution is 0.0903. The Labute approximate surface area is 177 Å². The average molecular weight is 404 g/mol. The fraction of sp³-hybridized carbons (Fsp3) is 0.417. The molecule has 0 saturated heterocycles. The maximum Gasteiger partial charge on any atom is 0.251 e. The number of carbonyl (C=O) groups excluding carboxylic acids is 1. The number of aromatic nitrogens is 4. The first-order chi connectivity index (χ1) is 14.2. The van der Waals surface area contributed by atoms with Gasteiger partial charge in [0.2, 0.25) is 0 Å². The number of amides is 1. The second-order valence-electron chi connectivity index (χ2n) is 9.19. The van der Waals surface area contributed by atoms with Gasteiger partial charge in [-0.2, -0.15) is 4.68 Å². The number of nitrogens with one attached hydrogen (secondary N) is 1. The molecule has 0 bridgehead atoms. The van der Waals surface area contributed by atoms with E-state index in [4.69, 9.17) is 0 Å². The van der Waals surface area contributed by atoms with Gasteiger partial charge >= 0.3 is 0 Å². The highest BCUT2D eigenvalue weighted by atomic mass is 16.1. The van der Waals surface area contributed by atoms with Crippen LogP contribution in [-0.2, 0) is 0 Å². The van der Waals surface area contributed by atoms with Crippen molar-refractivity contribution in [1.29, 1.82) is 0 Å². The minimum Gasteiger partial charge on any atom is -0.347 e. The molecule has 0 aliphatic heterocycles. The fourth-order valence-electron chi connectivity index (χ4n) is 3.79. The molecule has 6 nitrogen and oxygen atoms in total. The number of tetrazole rings is 1. The first kappa shape index (κ1) is 20.3. The summed E-state index contributed by atoms with van der Waals surface area (Å²) in [4.78, 5) is 13.2. The third-order valence-electron chi connectivity index (χ3n) is 5.85. The first-order valence-electron chi connectivity index (χ1n) is 10.6. The van der Waals surface area contributed by atoms with E-state index in [0.29, 0.717) is 11.5 Å². The van der Waals surface area contributed by atoms with Crippen molar-refractivity contribution in [2.75, 3.05) is 0 Å². The van der Waals surface area contributed by atoms with Crippen LogP contribution in [0.4, 0.5) is 0 Å². The number of nitrogens with zero attached hydrogens (tertiary/aromatic N) is 4. The molecule has 1 aliphatic carbocycles. The van der Waals surface area contributed by atoms with Crippen LogP contribution < -0.4 is 5.32 Å². The summed E-state index contributed by atoms with van der Waals surface area (Å²) < 4.78 is 1.73. The highest BCUT2D eigenvalue weighted by Gasteiger charge is 2.38.